The van der Waals surface area contributed by atoms with Crippen molar-refractivity contribution in [3.8, 4) is 0 Å². The van der Waals surface area contributed by atoms with E-state index in [4.69, 9.17) is 5.73 Å². The van der Waals surface area contributed by atoms with Crippen molar-refractivity contribution < 1.29 is 4.79 Å². The summed E-state index contributed by atoms with van der Waals surface area (Å²) in [6.45, 7) is 1.72. The highest BCUT2D eigenvalue weighted by molar-refractivity contribution is 5.78. The molecule has 2 rings (SSSR count). The first-order valence-electron chi connectivity index (χ1n) is 4.94. The fraction of sp³-hybridized carbons (Fsp3) is 0.900. The maximum absolute atomic E-state index is 11.2. The molecule has 0 heterocycles. The van der Waals surface area contributed by atoms with Gasteiger partial charge in [-0.2, -0.15) is 0 Å². The van der Waals surface area contributed by atoms with Crippen LogP contribution in [-0.2, 0) is 4.79 Å². The van der Waals surface area contributed by atoms with Crippen LogP contribution < -0.4 is 5.73 Å². The van der Waals surface area contributed by atoms with Gasteiger partial charge in [-0.25, -0.2) is 0 Å². The number of carbonyl (C=O) groups excluding carboxylic acids is 1. The molecule has 2 bridgehead atoms. The lowest BCUT2D eigenvalue weighted by Crippen LogP contribution is -2.39. The molecule has 2 heteroatoms. The van der Waals surface area contributed by atoms with Gasteiger partial charge in [0.1, 0.15) is 5.78 Å². The zero-order chi connectivity index (χ0) is 8.72. The smallest absolute Gasteiger partial charge is 0.132 e. The quantitative estimate of drug-likeness (QED) is 0.640. The zero-order valence-electron chi connectivity index (χ0n) is 7.62. The first kappa shape index (κ1) is 8.24. The van der Waals surface area contributed by atoms with Gasteiger partial charge in [0, 0.05) is 12.0 Å². The molecule has 0 amide bonds. The Balaban J connectivity index is 2.07. The fourth-order valence-corrected chi connectivity index (χ4v) is 2.91. The molecule has 2 aliphatic carbocycles. The third-order valence-corrected chi connectivity index (χ3v) is 3.75. The maximum Gasteiger partial charge on any atom is 0.132 e. The molecule has 2 N–H and O–H groups in total. The number of hydrogen-bond acceptors (Lipinski definition) is 2. The highest BCUT2D eigenvalue weighted by atomic mass is 16.1. The molecule has 0 radical (unpaired) electrons. The largest absolute Gasteiger partial charge is 0.327 e. The summed E-state index contributed by atoms with van der Waals surface area (Å²) in [4.78, 5) is 11.2. The molecular formula is C10H17NO. The monoisotopic (exact) mass is 167 g/mol. The first-order valence-corrected chi connectivity index (χ1v) is 4.94. The maximum atomic E-state index is 11.2. The molecule has 68 valence electrons. The Morgan fingerprint density at radius 1 is 1.25 bits per heavy atom. The molecular weight excluding hydrogens is 150 g/mol. The van der Waals surface area contributed by atoms with E-state index in [9.17, 15) is 4.79 Å². The molecule has 0 saturated heterocycles. The van der Waals surface area contributed by atoms with Crippen molar-refractivity contribution in [2.24, 2.45) is 23.5 Å². The minimum absolute atomic E-state index is 0.335. The van der Waals surface area contributed by atoms with Gasteiger partial charge in [0.2, 0.25) is 0 Å². The molecule has 0 aromatic heterocycles. The summed E-state index contributed by atoms with van der Waals surface area (Å²) in [5.41, 5.74) is 6.04. The summed E-state index contributed by atoms with van der Waals surface area (Å²) < 4.78 is 0. The number of carbonyl (C=O) groups is 1. The van der Waals surface area contributed by atoms with Gasteiger partial charge in [0.25, 0.3) is 0 Å². The second-order valence-corrected chi connectivity index (χ2v) is 4.45. The van der Waals surface area contributed by atoms with E-state index in [1.54, 1.807) is 6.92 Å². The van der Waals surface area contributed by atoms with E-state index in [2.05, 4.69) is 0 Å². The van der Waals surface area contributed by atoms with Crippen LogP contribution in [0.2, 0.25) is 0 Å². The van der Waals surface area contributed by atoms with Crippen molar-refractivity contribution in [3.63, 3.8) is 0 Å². The lowest BCUT2D eigenvalue weighted by molar-refractivity contribution is -0.122. The summed E-state index contributed by atoms with van der Waals surface area (Å²) in [7, 11) is 0. The van der Waals surface area contributed by atoms with Gasteiger partial charge in [0.15, 0.2) is 0 Å². The second-order valence-electron chi connectivity index (χ2n) is 4.45. The highest BCUT2D eigenvalue weighted by Gasteiger charge is 2.41. The summed E-state index contributed by atoms with van der Waals surface area (Å²) in [5.74, 6) is 2.01. The summed E-state index contributed by atoms with van der Waals surface area (Å²) in [6.07, 6.45) is 4.64. The minimum atomic E-state index is 0.335. The van der Waals surface area contributed by atoms with Crippen LogP contribution in [-0.4, -0.2) is 11.8 Å². The van der Waals surface area contributed by atoms with E-state index in [0.29, 0.717) is 29.6 Å². The molecule has 0 aromatic rings. The summed E-state index contributed by atoms with van der Waals surface area (Å²) >= 11 is 0. The van der Waals surface area contributed by atoms with E-state index >= 15 is 0 Å². The zero-order valence-corrected chi connectivity index (χ0v) is 7.62. The Labute approximate surface area is 73.5 Å². The van der Waals surface area contributed by atoms with Crippen molar-refractivity contribution in [1.82, 2.24) is 0 Å². The molecule has 2 fully saturated rings. The van der Waals surface area contributed by atoms with E-state index in [1.165, 1.54) is 12.8 Å². The van der Waals surface area contributed by atoms with Gasteiger partial charge in [-0.1, -0.05) is 0 Å². The van der Waals surface area contributed by atoms with Gasteiger partial charge in [0.05, 0.1) is 0 Å². The number of ketones is 1. The van der Waals surface area contributed by atoms with Gasteiger partial charge in [-0.15, -0.1) is 0 Å². The predicted octanol–water partition coefficient (Wildman–Crippen LogP) is 1.34. The third-order valence-electron chi connectivity index (χ3n) is 3.75. The van der Waals surface area contributed by atoms with Crippen LogP contribution >= 0.6 is 0 Å². The first-order chi connectivity index (χ1) is 5.68. The van der Waals surface area contributed by atoms with Crippen LogP contribution in [0.25, 0.3) is 0 Å². The van der Waals surface area contributed by atoms with Crippen molar-refractivity contribution in [1.29, 1.82) is 0 Å². The Kier molecular flexibility index (Phi) is 1.95. The van der Waals surface area contributed by atoms with Crippen LogP contribution in [0.5, 0.6) is 0 Å². The van der Waals surface area contributed by atoms with E-state index in [0.717, 1.165) is 12.8 Å². The topological polar surface area (TPSA) is 43.1 Å². The van der Waals surface area contributed by atoms with Crippen LogP contribution in [0, 0.1) is 17.8 Å². The van der Waals surface area contributed by atoms with E-state index in [-0.39, 0.29) is 0 Å². The molecule has 0 aliphatic heterocycles. The molecule has 0 unspecified atom stereocenters. The van der Waals surface area contributed by atoms with Crippen LogP contribution in [0.1, 0.15) is 32.6 Å². The standard InChI is InChI=1S/C10H17NO/c1-6(12)9-4-7-2-3-8(5-9)10(7)11/h7-10H,2-5,11H2,1H3/t7-,8-,9?,10?/m0/s1. The lowest BCUT2D eigenvalue weighted by atomic mass is 9.76. The molecule has 12 heavy (non-hydrogen) atoms. The van der Waals surface area contributed by atoms with Crippen molar-refractivity contribution in [2.75, 3.05) is 0 Å². The number of rotatable bonds is 1. The SMILES string of the molecule is CC(=O)C1C[C@@H]2CC[C@@H](C1)C2N. The van der Waals surface area contributed by atoms with Gasteiger partial charge in [-0.3, -0.25) is 4.79 Å². The van der Waals surface area contributed by atoms with Crippen molar-refractivity contribution >= 4 is 5.78 Å². The molecule has 2 atom stereocenters. The third kappa shape index (κ3) is 1.18. The number of fused-ring (bicyclic) bond motifs is 2. The molecule has 0 spiro atoms. The molecule has 2 aliphatic rings. The Morgan fingerprint density at radius 2 is 1.75 bits per heavy atom. The van der Waals surface area contributed by atoms with Crippen LogP contribution in [0.15, 0.2) is 0 Å². The predicted molar refractivity (Wildman–Crippen MR) is 47.6 cm³/mol. The molecule has 0 aromatic carbocycles. The van der Waals surface area contributed by atoms with Crippen LogP contribution in [0.3, 0.4) is 0 Å². The minimum Gasteiger partial charge on any atom is -0.327 e. The normalized spacial score (nSPS) is 46.2. The Morgan fingerprint density at radius 3 is 2.17 bits per heavy atom. The highest BCUT2D eigenvalue weighted by Crippen LogP contribution is 2.43. The van der Waals surface area contributed by atoms with Gasteiger partial charge < -0.3 is 5.73 Å². The van der Waals surface area contributed by atoms with E-state index < -0.39 is 0 Å². The number of hydrogen-bond donors (Lipinski definition) is 1. The Bertz CT molecular complexity index is 188. The number of nitrogens with two attached hydrogens (primary N) is 1. The van der Waals surface area contributed by atoms with Crippen molar-refractivity contribution in [3.05, 3.63) is 0 Å². The van der Waals surface area contributed by atoms with Crippen molar-refractivity contribution in [2.45, 2.75) is 38.6 Å². The average Bonchev–Trinajstić information content (AvgIpc) is 2.30. The van der Waals surface area contributed by atoms with Gasteiger partial charge in [-0.05, 0) is 44.4 Å². The summed E-state index contributed by atoms with van der Waals surface area (Å²) in [6, 6.07) is 0.403. The van der Waals surface area contributed by atoms with E-state index in [1.807, 2.05) is 0 Å². The van der Waals surface area contributed by atoms with Gasteiger partial charge >= 0.3 is 0 Å². The van der Waals surface area contributed by atoms with Crippen LogP contribution in [0.4, 0.5) is 0 Å². The second kappa shape index (κ2) is 2.84. The summed E-state index contributed by atoms with van der Waals surface area (Å²) in [5, 5.41) is 0. The fourth-order valence-electron chi connectivity index (χ4n) is 2.91. The average molecular weight is 167 g/mol. The number of Topliss-reactive ketones (excluding diaryl/α,β-unsaturated/α-hetero) is 1. The molecule has 2 saturated carbocycles. The lowest BCUT2D eigenvalue weighted by Gasteiger charge is -2.31. The Hall–Kier alpha value is -0.370. The molecule has 2 nitrogen and oxygen atoms in total.